The number of hydrogen-bond donors (Lipinski definition) is 0. The van der Waals surface area contributed by atoms with Gasteiger partial charge in [0, 0.05) is 22.7 Å². The van der Waals surface area contributed by atoms with Crippen LogP contribution in [0.25, 0.3) is 0 Å². The summed E-state index contributed by atoms with van der Waals surface area (Å²) in [5.41, 5.74) is 2.77. The van der Waals surface area contributed by atoms with Crippen LogP contribution < -0.4 is 4.74 Å². The first-order valence-corrected chi connectivity index (χ1v) is 10.1. The van der Waals surface area contributed by atoms with Crippen LogP contribution in [0.2, 0.25) is 5.02 Å². The molecular formula is C23H27ClN2O2. The van der Waals surface area contributed by atoms with Gasteiger partial charge in [-0.25, -0.2) is 0 Å². The van der Waals surface area contributed by atoms with Crippen molar-refractivity contribution in [2.45, 2.75) is 32.2 Å². The number of nitrogens with zero attached hydrogens (tertiary/aromatic N) is 2. The fourth-order valence-electron chi connectivity index (χ4n) is 3.58. The molecule has 1 fully saturated rings. The van der Waals surface area contributed by atoms with Gasteiger partial charge in [0.25, 0.3) is 0 Å². The summed E-state index contributed by atoms with van der Waals surface area (Å²) in [6, 6.07) is 15.5. The number of ketones is 1. The molecule has 1 saturated heterocycles. The normalized spacial score (nSPS) is 16.2. The van der Waals surface area contributed by atoms with Gasteiger partial charge in [0.2, 0.25) is 0 Å². The number of aliphatic imine (C=N–C) groups is 1. The predicted molar refractivity (Wildman–Crippen MR) is 115 cm³/mol. The number of Topliss-reactive ketones (excluding diaryl/α,β-unsaturated/α-hetero) is 1. The SMILES string of the molecule is COc1ccc([C@H](CN=C(C)CC(=O)c2ccc(Cl)cc2)N2CCCC2)cc1. The highest BCUT2D eigenvalue weighted by Gasteiger charge is 2.23. The van der Waals surface area contributed by atoms with Crippen LogP contribution >= 0.6 is 11.6 Å². The molecule has 0 amide bonds. The average Bonchev–Trinajstić information content (AvgIpc) is 3.23. The molecule has 4 nitrogen and oxygen atoms in total. The Morgan fingerprint density at radius 2 is 1.75 bits per heavy atom. The molecule has 2 aromatic rings. The third kappa shape index (κ3) is 5.43. The topological polar surface area (TPSA) is 41.9 Å². The van der Waals surface area contributed by atoms with E-state index in [4.69, 9.17) is 21.3 Å². The fourth-order valence-corrected chi connectivity index (χ4v) is 3.71. The Morgan fingerprint density at radius 1 is 1.11 bits per heavy atom. The van der Waals surface area contributed by atoms with E-state index in [-0.39, 0.29) is 11.8 Å². The lowest BCUT2D eigenvalue weighted by Crippen LogP contribution is -2.28. The maximum Gasteiger partial charge on any atom is 0.168 e. The quantitative estimate of drug-likeness (QED) is 0.452. The minimum absolute atomic E-state index is 0.0695. The molecule has 0 aliphatic carbocycles. The van der Waals surface area contributed by atoms with Crippen LogP contribution in [-0.2, 0) is 0 Å². The molecule has 148 valence electrons. The van der Waals surface area contributed by atoms with Gasteiger partial charge in [-0.2, -0.15) is 0 Å². The first-order valence-electron chi connectivity index (χ1n) is 9.73. The standard InChI is InChI=1S/C23H27ClN2O2/c1-17(15-23(27)19-5-9-20(24)10-6-19)25-16-22(26-13-3-4-14-26)18-7-11-21(28-2)12-8-18/h5-12,22H,3-4,13-16H2,1-2H3/t22-/m0/s1. The summed E-state index contributed by atoms with van der Waals surface area (Å²) in [6.07, 6.45) is 2.78. The molecule has 0 radical (unpaired) electrons. The fraction of sp³-hybridized carbons (Fsp3) is 0.391. The summed E-state index contributed by atoms with van der Waals surface area (Å²) in [6.45, 7) is 4.78. The Labute approximate surface area is 172 Å². The van der Waals surface area contributed by atoms with Gasteiger partial charge in [-0.1, -0.05) is 23.7 Å². The Morgan fingerprint density at radius 3 is 2.36 bits per heavy atom. The maximum atomic E-state index is 12.5. The number of carbonyl (C=O) groups is 1. The van der Waals surface area contributed by atoms with Crippen molar-refractivity contribution in [1.82, 2.24) is 4.90 Å². The number of likely N-dealkylation sites (tertiary alicyclic amines) is 1. The number of ether oxygens (including phenoxy) is 1. The number of halogens is 1. The summed E-state index contributed by atoms with van der Waals surface area (Å²) in [5, 5.41) is 0.634. The van der Waals surface area contributed by atoms with Crippen molar-refractivity contribution in [1.29, 1.82) is 0 Å². The molecule has 1 heterocycles. The number of carbonyl (C=O) groups excluding carboxylic acids is 1. The van der Waals surface area contributed by atoms with Crippen molar-refractivity contribution in [2.75, 3.05) is 26.7 Å². The largest absolute Gasteiger partial charge is 0.497 e. The molecule has 0 spiro atoms. The number of methoxy groups -OCH3 is 1. The highest BCUT2D eigenvalue weighted by molar-refractivity contribution is 6.30. The van der Waals surface area contributed by atoms with Gasteiger partial charge in [-0.05, 0) is 74.8 Å². The van der Waals surface area contributed by atoms with Crippen molar-refractivity contribution in [3.8, 4) is 5.75 Å². The second-order valence-corrected chi connectivity index (χ2v) is 7.65. The molecule has 0 bridgehead atoms. The van der Waals surface area contributed by atoms with E-state index in [0.717, 1.165) is 24.6 Å². The highest BCUT2D eigenvalue weighted by atomic mass is 35.5. The van der Waals surface area contributed by atoms with E-state index in [1.54, 1.807) is 31.4 Å². The molecule has 2 aromatic carbocycles. The molecule has 0 N–H and O–H groups in total. The third-order valence-corrected chi connectivity index (χ3v) is 5.45. The lowest BCUT2D eigenvalue weighted by atomic mass is 10.0. The van der Waals surface area contributed by atoms with Crippen LogP contribution in [0.3, 0.4) is 0 Å². The van der Waals surface area contributed by atoms with Crippen LogP contribution in [0.4, 0.5) is 0 Å². The molecule has 5 heteroatoms. The van der Waals surface area contributed by atoms with Crippen molar-refractivity contribution in [2.24, 2.45) is 4.99 Å². The lowest BCUT2D eigenvalue weighted by Gasteiger charge is -2.27. The van der Waals surface area contributed by atoms with Gasteiger partial charge in [0.05, 0.1) is 19.7 Å². The molecule has 0 saturated carbocycles. The molecule has 28 heavy (non-hydrogen) atoms. The van der Waals surface area contributed by atoms with E-state index in [9.17, 15) is 4.79 Å². The van der Waals surface area contributed by atoms with Crippen molar-refractivity contribution in [3.05, 3.63) is 64.7 Å². The van der Waals surface area contributed by atoms with Crippen molar-refractivity contribution >= 4 is 23.1 Å². The Kier molecular flexibility index (Phi) is 7.24. The Balaban J connectivity index is 1.68. The summed E-state index contributed by atoms with van der Waals surface area (Å²) in [7, 11) is 1.68. The number of rotatable bonds is 8. The average molecular weight is 399 g/mol. The molecule has 1 aliphatic heterocycles. The summed E-state index contributed by atoms with van der Waals surface area (Å²) in [4.78, 5) is 19.7. The minimum atomic E-state index is 0.0695. The maximum absolute atomic E-state index is 12.5. The third-order valence-electron chi connectivity index (χ3n) is 5.20. The van der Waals surface area contributed by atoms with Crippen molar-refractivity contribution in [3.63, 3.8) is 0 Å². The molecule has 1 aliphatic rings. The Hall–Kier alpha value is -2.17. The van der Waals surface area contributed by atoms with Gasteiger partial charge >= 0.3 is 0 Å². The number of benzene rings is 2. The summed E-state index contributed by atoms with van der Waals surface area (Å²) in [5.74, 6) is 0.928. The van der Waals surface area contributed by atoms with E-state index >= 15 is 0 Å². The molecule has 1 atom stereocenters. The van der Waals surface area contributed by atoms with E-state index in [1.165, 1.54) is 18.4 Å². The minimum Gasteiger partial charge on any atom is -0.497 e. The van der Waals surface area contributed by atoms with Gasteiger partial charge in [0.1, 0.15) is 5.75 Å². The molecule has 0 aromatic heterocycles. The van der Waals surface area contributed by atoms with Crippen LogP contribution in [-0.4, -0.2) is 43.1 Å². The highest BCUT2D eigenvalue weighted by Crippen LogP contribution is 2.27. The van der Waals surface area contributed by atoms with Crippen LogP contribution in [0, 0.1) is 0 Å². The van der Waals surface area contributed by atoms with Gasteiger partial charge in [-0.3, -0.25) is 14.7 Å². The zero-order valence-electron chi connectivity index (χ0n) is 16.5. The first-order chi connectivity index (χ1) is 13.6. The predicted octanol–water partition coefficient (Wildman–Crippen LogP) is 5.22. The zero-order valence-corrected chi connectivity index (χ0v) is 17.3. The second-order valence-electron chi connectivity index (χ2n) is 7.21. The smallest absolute Gasteiger partial charge is 0.168 e. The monoisotopic (exact) mass is 398 g/mol. The van der Waals surface area contributed by atoms with Gasteiger partial charge < -0.3 is 4.74 Å². The van der Waals surface area contributed by atoms with Crippen LogP contribution in [0.5, 0.6) is 5.75 Å². The zero-order chi connectivity index (χ0) is 19.9. The summed E-state index contributed by atoms with van der Waals surface area (Å²) < 4.78 is 5.28. The second kappa shape index (κ2) is 9.85. The number of hydrogen-bond acceptors (Lipinski definition) is 4. The van der Waals surface area contributed by atoms with Crippen LogP contribution in [0.1, 0.15) is 48.1 Å². The van der Waals surface area contributed by atoms with Crippen LogP contribution in [0.15, 0.2) is 53.5 Å². The van der Waals surface area contributed by atoms with Gasteiger partial charge in [0.15, 0.2) is 5.78 Å². The van der Waals surface area contributed by atoms with E-state index < -0.39 is 0 Å². The first kappa shape index (κ1) is 20.6. The molecular weight excluding hydrogens is 372 g/mol. The van der Waals surface area contributed by atoms with Gasteiger partial charge in [-0.15, -0.1) is 0 Å². The van der Waals surface area contributed by atoms with E-state index in [1.807, 2.05) is 19.1 Å². The van der Waals surface area contributed by atoms with E-state index in [0.29, 0.717) is 23.6 Å². The summed E-state index contributed by atoms with van der Waals surface area (Å²) >= 11 is 5.90. The molecule has 0 unspecified atom stereocenters. The lowest BCUT2D eigenvalue weighted by molar-refractivity contribution is 0.100. The Bertz CT molecular complexity index is 810. The van der Waals surface area contributed by atoms with Crippen molar-refractivity contribution < 1.29 is 9.53 Å². The van der Waals surface area contributed by atoms with E-state index in [2.05, 4.69) is 17.0 Å². The molecule has 3 rings (SSSR count).